The monoisotopic (exact) mass is 422 g/mol. The van der Waals surface area contributed by atoms with Crippen LogP contribution in [0.4, 0.5) is 0 Å². The predicted octanol–water partition coefficient (Wildman–Crippen LogP) is 4.53. The highest BCUT2D eigenvalue weighted by atomic mass is 16.5. The van der Waals surface area contributed by atoms with Crippen molar-refractivity contribution in [2.24, 2.45) is 16.9 Å². The summed E-state index contributed by atoms with van der Waals surface area (Å²) in [7, 11) is 3.26. The quantitative estimate of drug-likeness (QED) is 0.587. The molecule has 1 saturated carbocycles. The number of methoxy groups -OCH3 is 2. The van der Waals surface area contributed by atoms with E-state index in [-0.39, 0.29) is 17.7 Å². The summed E-state index contributed by atoms with van der Waals surface area (Å²) in [5, 5.41) is 6.50. The molecular weight excluding hydrogens is 392 g/mol. The second-order valence-electron chi connectivity index (χ2n) is 8.03. The molecule has 1 fully saturated rings. The number of hydrazone groups is 1. The van der Waals surface area contributed by atoms with Gasteiger partial charge in [-0.25, -0.2) is 5.01 Å². The lowest BCUT2D eigenvalue weighted by molar-refractivity contribution is -0.139. The van der Waals surface area contributed by atoms with Gasteiger partial charge in [0.25, 0.3) is 0 Å². The molecule has 2 aromatic rings. The SMILES string of the molecule is COc1ccc(C2=NN(CCCOc3ccccc3)C(=O)[C@@H]3CCCC[C@H]23)cc1OC. The van der Waals surface area contributed by atoms with Crippen LogP contribution in [0.5, 0.6) is 17.2 Å². The van der Waals surface area contributed by atoms with Gasteiger partial charge < -0.3 is 14.2 Å². The molecule has 0 unspecified atom stereocenters. The predicted molar refractivity (Wildman–Crippen MR) is 120 cm³/mol. The molecule has 1 aliphatic carbocycles. The van der Waals surface area contributed by atoms with Crippen LogP contribution in [0.1, 0.15) is 37.7 Å². The highest BCUT2D eigenvalue weighted by Gasteiger charge is 2.41. The molecule has 6 nitrogen and oxygen atoms in total. The van der Waals surface area contributed by atoms with Crippen LogP contribution in [0.2, 0.25) is 0 Å². The fraction of sp³-hybridized carbons (Fsp3) is 0.440. The van der Waals surface area contributed by atoms with Gasteiger partial charge in [0, 0.05) is 30.4 Å². The summed E-state index contributed by atoms with van der Waals surface area (Å²) in [5.74, 6) is 2.52. The highest BCUT2D eigenvalue weighted by molar-refractivity contribution is 6.07. The number of amides is 1. The number of rotatable bonds is 8. The Morgan fingerprint density at radius 2 is 1.71 bits per heavy atom. The van der Waals surface area contributed by atoms with Gasteiger partial charge in [-0.2, -0.15) is 5.10 Å². The van der Waals surface area contributed by atoms with Gasteiger partial charge in [0.1, 0.15) is 5.75 Å². The number of nitrogens with zero attached hydrogens (tertiary/aromatic N) is 2. The molecule has 2 aliphatic rings. The van der Waals surface area contributed by atoms with Crippen molar-refractivity contribution in [3.8, 4) is 17.2 Å². The summed E-state index contributed by atoms with van der Waals surface area (Å²) in [5.41, 5.74) is 1.97. The third-order valence-corrected chi connectivity index (χ3v) is 6.12. The van der Waals surface area contributed by atoms with E-state index in [4.69, 9.17) is 19.3 Å². The van der Waals surface area contributed by atoms with Crippen molar-refractivity contribution in [1.29, 1.82) is 0 Å². The number of ether oxygens (including phenoxy) is 3. The number of hydrogen-bond donors (Lipinski definition) is 0. The minimum atomic E-state index is 0.00406. The van der Waals surface area contributed by atoms with Crippen LogP contribution < -0.4 is 14.2 Å². The first-order chi connectivity index (χ1) is 15.2. The van der Waals surface area contributed by atoms with Crippen LogP contribution in [0.3, 0.4) is 0 Å². The maximum atomic E-state index is 13.2. The fourth-order valence-electron chi connectivity index (χ4n) is 4.55. The molecule has 0 spiro atoms. The number of para-hydroxylation sites is 1. The molecule has 0 bridgehead atoms. The van der Waals surface area contributed by atoms with E-state index >= 15 is 0 Å². The summed E-state index contributed by atoms with van der Waals surface area (Å²) in [4.78, 5) is 13.2. The van der Waals surface area contributed by atoms with Crippen molar-refractivity contribution in [2.75, 3.05) is 27.4 Å². The van der Waals surface area contributed by atoms with Crippen LogP contribution in [0.25, 0.3) is 0 Å². The van der Waals surface area contributed by atoms with Crippen LogP contribution in [0, 0.1) is 11.8 Å². The van der Waals surface area contributed by atoms with Crippen molar-refractivity contribution < 1.29 is 19.0 Å². The average molecular weight is 423 g/mol. The molecular formula is C25H30N2O4. The van der Waals surface area contributed by atoms with E-state index in [0.717, 1.165) is 49.1 Å². The number of hydrogen-bond acceptors (Lipinski definition) is 5. The van der Waals surface area contributed by atoms with E-state index in [1.54, 1.807) is 19.2 Å². The maximum Gasteiger partial charge on any atom is 0.246 e. The Balaban J connectivity index is 1.53. The van der Waals surface area contributed by atoms with Gasteiger partial charge in [-0.15, -0.1) is 0 Å². The largest absolute Gasteiger partial charge is 0.494 e. The second kappa shape index (κ2) is 9.86. The molecule has 2 atom stereocenters. The third kappa shape index (κ3) is 4.68. The molecule has 0 saturated heterocycles. The van der Waals surface area contributed by atoms with Crippen LogP contribution in [0.15, 0.2) is 53.6 Å². The van der Waals surface area contributed by atoms with Gasteiger partial charge in [0.15, 0.2) is 11.5 Å². The highest BCUT2D eigenvalue weighted by Crippen LogP contribution is 2.39. The minimum Gasteiger partial charge on any atom is -0.494 e. The van der Waals surface area contributed by atoms with Crippen molar-refractivity contribution in [3.63, 3.8) is 0 Å². The molecule has 4 rings (SSSR count). The summed E-state index contributed by atoms with van der Waals surface area (Å²) < 4.78 is 16.7. The van der Waals surface area contributed by atoms with Gasteiger partial charge in [0.05, 0.1) is 26.5 Å². The normalized spacial score (nSPS) is 20.6. The zero-order valence-corrected chi connectivity index (χ0v) is 18.3. The Morgan fingerprint density at radius 3 is 2.45 bits per heavy atom. The lowest BCUT2D eigenvalue weighted by Crippen LogP contribution is -2.46. The van der Waals surface area contributed by atoms with Gasteiger partial charge in [-0.1, -0.05) is 31.0 Å². The van der Waals surface area contributed by atoms with E-state index in [9.17, 15) is 4.79 Å². The molecule has 6 heteroatoms. The molecule has 0 N–H and O–H groups in total. The van der Waals surface area contributed by atoms with E-state index < -0.39 is 0 Å². The van der Waals surface area contributed by atoms with E-state index in [0.29, 0.717) is 24.7 Å². The first kappa shape index (κ1) is 21.2. The Bertz CT molecular complexity index is 928. The first-order valence-corrected chi connectivity index (χ1v) is 11.0. The number of benzene rings is 2. The van der Waals surface area contributed by atoms with Crippen molar-refractivity contribution in [2.45, 2.75) is 32.1 Å². The van der Waals surface area contributed by atoms with Gasteiger partial charge in [-0.05, 0) is 43.2 Å². The minimum absolute atomic E-state index is 0.00406. The molecule has 0 aromatic heterocycles. The molecule has 0 radical (unpaired) electrons. The zero-order chi connectivity index (χ0) is 21.6. The van der Waals surface area contributed by atoms with Gasteiger partial charge >= 0.3 is 0 Å². The lowest BCUT2D eigenvalue weighted by atomic mass is 9.73. The van der Waals surface area contributed by atoms with E-state index in [2.05, 4.69) is 0 Å². The number of carbonyl (C=O) groups excluding carboxylic acids is 1. The van der Waals surface area contributed by atoms with Crippen LogP contribution >= 0.6 is 0 Å². The van der Waals surface area contributed by atoms with Gasteiger partial charge in [0.2, 0.25) is 5.91 Å². The smallest absolute Gasteiger partial charge is 0.246 e. The Hall–Kier alpha value is -3.02. The molecule has 31 heavy (non-hydrogen) atoms. The van der Waals surface area contributed by atoms with Gasteiger partial charge in [-0.3, -0.25) is 4.79 Å². The van der Waals surface area contributed by atoms with Crippen molar-refractivity contribution in [1.82, 2.24) is 5.01 Å². The van der Waals surface area contributed by atoms with E-state index in [1.807, 2.05) is 48.5 Å². The summed E-state index contributed by atoms with van der Waals surface area (Å²) in [6.45, 7) is 1.09. The first-order valence-electron chi connectivity index (χ1n) is 11.0. The van der Waals surface area contributed by atoms with Crippen molar-refractivity contribution >= 4 is 11.6 Å². The topological polar surface area (TPSA) is 60.4 Å². The zero-order valence-electron chi connectivity index (χ0n) is 18.3. The molecule has 1 heterocycles. The molecule has 1 aliphatic heterocycles. The van der Waals surface area contributed by atoms with Crippen LogP contribution in [-0.2, 0) is 4.79 Å². The summed E-state index contributed by atoms with van der Waals surface area (Å²) in [6, 6.07) is 15.6. The number of fused-ring (bicyclic) bond motifs is 1. The number of carbonyl (C=O) groups is 1. The fourth-order valence-corrected chi connectivity index (χ4v) is 4.55. The van der Waals surface area contributed by atoms with Crippen molar-refractivity contribution in [3.05, 3.63) is 54.1 Å². The molecule has 2 aromatic carbocycles. The lowest BCUT2D eigenvalue weighted by Gasteiger charge is -2.38. The average Bonchev–Trinajstić information content (AvgIpc) is 2.83. The van der Waals surface area contributed by atoms with Crippen LogP contribution in [-0.4, -0.2) is 44.0 Å². The summed E-state index contributed by atoms with van der Waals surface area (Å²) >= 11 is 0. The third-order valence-electron chi connectivity index (χ3n) is 6.12. The Kier molecular flexibility index (Phi) is 6.75. The van der Waals surface area contributed by atoms with E-state index in [1.165, 1.54) is 0 Å². The Labute approximate surface area is 183 Å². The maximum absolute atomic E-state index is 13.2. The molecule has 1 amide bonds. The summed E-state index contributed by atoms with van der Waals surface area (Å²) in [6.07, 6.45) is 4.87. The standard InChI is InChI=1S/C25H30N2O4/c1-29-22-14-13-18(17-23(22)30-2)24-20-11-6-7-12-21(20)25(28)27(26-24)15-8-16-31-19-9-4-3-5-10-19/h3-5,9-10,13-14,17,20-21H,6-8,11-12,15-16H2,1-2H3/t20-,21+/m0/s1. The Morgan fingerprint density at radius 1 is 0.968 bits per heavy atom. The second-order valence-corrected chi connectivity index (χ2v) is 8.03. The molecule has 164 valence electrons.